The maximum Gasteiger partial charge on any atom is 0.337 e. The SMILES string of the molecule is Cc1nc(N2CCCCCC2)c(Cl)cc1C(=O)O. The standard InChI is InChI=1S/C13H17ClN2O2/c1-9-10(13(17)18)8-11(14)12(15-9)16-6-4-2-3-5-7-16/h8H,2-7H2,1H3,(H,17,18). The van der Waals surface area contributed by atoms with E-state index >= 15 is 0 Å². The Labute approximate surface area is 112 Å². The van der Waals surface area contributed by atoms with Crippen molar-refractivity contribution in [1.29, 1.82) is 0 Å². The third kappa shape index (κ3) is 2.75. The second-order valence-corrected chi connectivity index (χ2v) is 5.04. The molecule has 0 unspecified atom stereocenters. The number of nitrogens with zero attached hydrogens (tertiary/aromatic N) is 2. The highest BCUT2D eigenvalue weighted by Gasteiger charge is 2.18. The lowest BCUT2D eigenvalue weighted by Gasteiger charge is -2.23. The molecule has 1 aliphatic heterocycles. The smallest absolute Gasteiger partial charge is 0.337 e. The topological polar surface area (TPSA) is 53.4 Å². The van der Waals surface area contributed by atoms with E-state index < -0.39 is 5.97 Å². The van der Waals surface area contributed by atoms with Crippen molar-refractivity contribution in [1.82, 2.24) is 4.98 Å². The number of aromatic carboxylic acids is 1. The van der Waals surface area contributed by atoms with Crippen molar-refractivity contribution in [2.75, 3.05) is 18.0 Å². The first-order valence-electron chi connectivity index (χ1n) is 6.25. The molecule has 18 heavy (non-hydrogen) atoms. The van der Waals surface area contributed by atoms with Crippen molar-refractivity contribution in [2.45, 2.75) is 32.6 Å². The van der Waals surface area contributed by atoms with Gasteiger partial charge >= 0.3 is 5.97 Å². The monoisotopic (exact) mass is 268 g/mol. The quantitative estimate of drug-likeness (QED) is 0.895. The Bertz CT molecular complexity index is 455. The third-order valence-electron chi connectivity index (χ3n) is 3.28. The van der Waals surface area contributed by atoms with Gasteiger partial charge in [-0.05, 0) is 25.8 Å². The van der Waals surface area contributed by atoms with Gasteiger partial charge in [0.1, 0.15) is 5.82 Å². The second kappa shape index (κ2) is 5.57. The summed E-state index contributed by atoms with van der Waals surface area (Å²) in [6, 6.07) is 1.51. The zero-order valence-corrected chi connectivity index (χ0v) is 11.2. The Kier molecular flexibility index (Phi) is 4.07. The van der Waals surface area contributed by atoms with Crippen LogP contribution in [0.3, 0.4) is 0 Å². The lowest BCUT2D eigenvalue weighted by atomic mass is 10.2. The van der Waals surface area contributed by atoms with Gasteiger partial charge in [-0.25, -0.2) is 9.78 Å². The first kappa shape index (κ1) is 13.1. The predicted molar refractivity (Wildman–Crippen MR) is 71.6 cm³/mol. The van der Waals surface area contributed by atoms with Crippen molar-refractivity contribution >= 4 is 23.4 Å². The third-order valence-corrected chi connectivity index (χ3v) is 3.56. The zero-order chi connectivity index (χ0) is 13.1. The molecule has 2 rings (SSSR count). The molecule has 1 N–H and O–H groups in total. The fourth-order valence-electron chi connectivity index (χ4n) is 2.29. The molecule has 0 radical (unpaired) electrons. The summed E-state index contributed by atoms with van der Waals surface area (Å²) < 4.78 is 0. The fraction of sp³-hybridized carbons (Fsp3) is 0.538. The van der Waals surface area contributed by atoms with Crippen LogP contribution in [-0.4, -0.2) is 29.1 Å². The number of hydrogen-bond acceptors (Lipinski definition) is 3. The van der Waals surface area contributed by atoms with Crippen LogP contribution >= 0.6 is 11.6 Å². The Morgan fingerprint density at radius 3 is 2.50 bits per heavy atom. The summed E-state index contributed by atoms with van der Waals surface area (Å²) in [5, 5.41) is 9.45. The van der Waals surface area contributed by atoms with E-state index in [1.54, 1.807) is 6.92 Å². The summed E-state index contributed by atoms with van der Waals surface area (Å²) in [5.41, 5.74) is 0.699. The van der Waals surface area contributed by atoms with Crippen LogP contribution < -0.4 is 4.90 Å². The summed E-state index contributed by atoms with van der Waals surface area (Å²) in [6.07, 6.45) is 4.75. The van der Waals surface area contributed by atoms with Gasteiger partial charge < -0.3 is 10.0 Å². The maximum absolute atomic E-state index is 11.0. The van der Waals surface area contributed by atoms with Crippen molar-refractivity contribution in [3.05, 3.63) is 22.3 Å². The Hall–Kier alpha value is -1.29. The number of rotatable bonds is 2. The molecule has 0 bridgehead atoms. The van der Waals surface area contributed by atoms with Gasteiger partial charge in [0.2, 0.25) is 0 Å². The van der Waals surface area contributed by atoms with Gasteiger partial charge in [-0.1, -0.05) is 24.4 Å². The summed E-state index contributed by atoms with van der Waals surface area (Å²) in [4.78, 5) is 17.5. The average molecular weight is 269 g/mol. The van der Waals surface area contributed by atoms with E-state index in [-0.39, 0.29) is 5.56 Å². The van der Waals surface area contributed by atoms with E-state index in [1.807, 2.05) is 0 Å². The number of anilines is 1. The number of halogens is 1. The predicted octanol–water partition coefficient (Wildman–Crippen LogP) is 3.12. The van der Waals surface area contributed by atoms with Crippen LogP contribution in [0.25, 0.3) is 0 Å². The molecule has 2 heterocycles. The summed E-state index contributed by atoms with van der Waals surface area (Å²) in [7, 11) is 0. The molecule has 0 aromatic carbocycles. The molecule has 4 nitrogen and oxygen atoms in total. The van der Waals surface area contributed by atoms with Crippen LogP contribution in [0.2, 0.25) is 5.02 Å². The van der Waals surface area contributed by atoms with E-state index in [0.29, 0.717) is 10.7 Å². The van der Waals surface area contributed by atoms with Gasteiger partial charge in [0.15, 0.2) is 0 Å². The molecular formula is C13H17ClN2O2. The van der Waals surface area contributed by atoms with Gasteiger partial charge in [-0.15, -0.1) is 0 Å². The minimum atomic E-state index is -0.982. The number of aromatic nitrogens is 1. The fourth-order valence-corrected chi connectivity index (χ4v) is 2.56. The van der Waals surface area contributed by atoms with Gasteiger partial charge in [0.05, 0.1) is 16.3 Å². The zero-order valence-electron chi connectivity index (χ0n) is 10.4. The molecular weight excluding hydrogens is 252 g/mol. The number of hydrogen-bond donors (Lipinski definition) is 1. The van der Waals surface area contributed by atoms with Crippen LogP contribution in [0.1, 0.15) is 41.7 Å². The van der Waals surface area contributed by atoms with Gasteiger partial charge in [0, 0.05) is 13.1 Å². The normalized spacial score (nSPS) is 16.4. The molecule has 0 atom stereocenters. The lowest BCUT2D eigenvalue weighted by Crippen LogP contribution is -2.25. The van der Waals surface area contributed by atoms with E-state index in [9.17, 15) is 4.79 Å². The van der Waals surface area contributed by atoms with Gasteiger partial charge in [-0.2, -0.15) is 0 Å². The van der Waals surface area contributed by atoms with Gasteiger partial charge in [-0.3, -0.25) is 0 Å². The molecule has 1 saturated heterocycles. The Morgan fingerprint density at radius 1 is 1.33 bits per heavy atom. The van der Waals surface area contributed by atoms with Crippen LogP contribution in [0.5, 0.6) is 0 Å². The largest absolute Gasteiger partial charge is 0.478 e. The molecule has 1 aromatic heterocycles. The molecule has 0 amide bonds. The summed E-state index contributed by atoms with van der Waals surface area (Å²) in [5.74, 6) is -0.259. The van der Waals surface area contributed by atoms with Crippen molar-refractivity contribution in [3.63, 3.8) is 0 Å². The molecule has 0 aliphatic carbocycles. The molecule has 1 fully saturated rings. The first-order valence-corrected chi connectivity index (χ1v) is 6.63. The second-order valence-electron chi connectivity index (χ2n) is 4.63. The van der Waals surface area contributed by atoms with E-state index in [2.05, 4.69) is 9.88 Å². The highest BCUT2D eigenvalue weighted by atomic mass is 35.5. The number of carboxylic acids is 1. The van der Waals surface area contributed by atoms with E-state index in [1.165, 1.54) is 18.9 Å². The molecule has 1 aromatic rings. The summed E-state index contributed by atoms with van der Waals surface area (Å²) >= 11 is 6.16. The number of carbonyl (C=O) groups is 1. The Balaban J connectivity index is 2.33. The number of pyridine rings is 1. The van der Waals surface area contributed by atoms with E-state index in [4.69, 9.17) is 16.7 Å². The van der Waals surface area contributed by atoms with Crippen LogP contribution in [0, 0.1) is 6.92 Å². The average Bonchev–Trinajstić information content (AvgIpc) is 2.60. The van der Waals surface area contributed by atoms with Crippen LogP contribution in [-0.2, 0) is 0 Å². The molecule has 0 saturated carbocycles. The molecule has 5 heteroatoms. The number of carboxylic acid groups (broad SMARTS) is 1. The van der Waals surface area contributed by atoms with Crippen LogP contribution in [0.15, 0.2) is 6.07 Å². The van der Waals surface area contributed by atoms with Gasteiger partial charge in [0.25, 0.3) is 0 Å². The maximum atomic E-state index is 11.0. The lowest BCUT2D eigenvalue weighted by molar-refractivity contribution is 0.0695. The summed E-state index contributed by atoms with van der Waals surface area (Å²) in [6.45, 7) is 3.60. The van der Waals surface area contributed by atoms with Crippen LogP contribution in [0.4, 0.5) is 5.82 Å². The Morgan fingerprint density at radius 2 is 1.94 bits per heavy atom. The minimum Gasteiger partial charge on any atom is -0.478 e. The molecule has 98 valence electrons. The minimum absolute atomic E-state index is 0.179. The molecule has 1 aliphatic rings. The van der Waals surface area contributed by atoms with Crippen molar-refractivity contribution in [3.8, 4) is 0 Å². The molecule has 0 spiro atoms. The van der Waals surface area contributed by atoms with Crippen molar-refractivity contribution in [2.24, 2.45) is 0 Å². The highest BCUT2D eigenvalue weighted by Crippen LogP contribution is 2.28. The van der Waals surface area contributed by atoms with E-state index in [0.717, 1.165) is 31.7 Å². The van der Waals surface area contributed by atoms with Crippen molar-refractivity contribution < 1.29 is 9.90 Å². The first-order chi connectivity index (χ1) is 8.59. The number of aryl methyl sites for hydroxylation is 1. The highest BCUT2D eigenvalue weighted by molar-refractivity contribution is 6.33.